The van der Waals surface area contributed by atoms with Gasteiger partial charge in [0.25, 0.3) is 0 Å². The molecule has 174 valence electrons. The highest BCUT2D eigenvalue weighted by Gasteiger charge is 2.32. The molecule has 0 aromatic heterocycles. The number of rotatable bonds is 13. The van der Waals surface area contributed by atoms with Crippen LogP contribution in [0, 0.1) is 5.92 Å². The molecule has 0 heterocycles. The van der Waals surface area contributed by atoms with Crippen LogP contribution >= 0.6 is 7.75 Å². The van der Waals surface area contributed by atoms with E-state index in [1.54, 1.807) is 24.3 Å². The summed E-state index contributed by atoms with van der Waals surface area (Å²) in [6.07, 6.45) is 0.410. The van der Waals surface area contributed by atoms with Crippen molar-refractivity contribution in [2.24, 2.45) is 5.92 Å². The molecule has 0 aliphatic rings. The van der Waals surface area contributed by atoms with Gasteiger partial charge >= 0.3 is 13.7 Å². The summed E-state index contributed by atoms with van der Waals surface area (Å²) < 4.78 is 22.1. The van der Waals surface area contributed by atoms with Crippen LogP contribution in [0.15, 0.2) is 30.3 Å². The first-order valence-corrected chi connectivity index (χ1v) is 11.4. The number of carboxylic acid groups (broad SMARTS) is 1. The van der Waals surface area contributed by atoms with Crippen LogP contribution in [0.4, 0.5) is 0 Å². The summed E-state index contributed by atoms with van der Waals surface area (Å²) in [5, 5.41) is 17.0. The largest absolute Gasteiger partial charge is 0.480 e. The second kappa shape index (κ2) is 12.6. The molecular formula is C20H32N3O7P. The summed E-state index contributed by atoms with van der Waals surface area (Å²) in [5.41, 5.74) is 0.753. The van der Waals surface area contributed by atoms with Crippen LogP contribution in [-0.2, 0) is 34.4 Å². The zero-order valence-corrected chi connectivity index (χ0v) is 19.3. The van der Waals surface area contributed by atoms with Gasteiger partial charge in [-0.25, -0.2) is 14.4 Å². The van der Waals surface area contributed by atoms with Gasteiger partial charge in [-0.3, -0.25) is 9.59 Å². The summed E-state index contributed by atoms with van der Waals surface area (Å²) >= 11 is 0. The maximum Gasteiger partial charge on any atom is 0.405 e. The Morgan fingerprint density at radius 1 is 0.968 bits per heavy atom. The predicted octanol–water partition coefficient (Wildman–Crippen LogP) is 1.71. The van der Waals surface area contributed by atoms with Gasteiger partial charge in [-0.2, -0.15) is 0 Å². The first kappa shape index (κ1) is 26.8. The van der Waals surface area contributed by atoms with E-state index in [1.807, 2.05) is 19.9 Å². The van der Waals surface area contributed by atoms with Crippen molar-refractivity contribution in [3.05, 3.63) is 35.9 Å². The molecule has 11 heteroatoms. The van der Waals surface area contributed by atoms with Crippen molar-refractivity contribution >= 4 is 25.5 Å². The molecule has 0 saturated heterocycles. The van der Waals surface area contributed by atoms with Crippen LogP contribution in [0.25, 0.3) is 0 Å². The van der Waals surface area contributed by atoms with Gasteiger partial charge in [0.05, 0.1) is 6.04 Å². The van der Waals surface area contributed by atoms with Crippen molar-refractivity contribution in [2.75, 3.05) is 14.2 Å². The average Bonchev–Trinajstić information content (AvgIpc) is 2.72. The fourth-order valence-corrected chi connectivity index (χ4v) is 3.75. The maximum absolute atomic E-state index is 12.7. The minimum Gasteiger partial charge on any atom is -0.480 e. The number of aliphatic carboxylic acids is 1. The van der Waals surface area contributed by atoms with E-state index in [0.717, 1.165) is 5.56 Å². The van der Waals surface area contributed by atoms with E-state index in [4.69, 9.17) is 9.05 Å². The minimum atomic E-state index is -3.68. The first-order valence-electron chi connectivity index (χ1n) is 9.88. The number of nitrogens with one attached hydrogen (secondary N) is 3. The quantitative estimate of drug-likeness (QED) is 0.328. The molecule has 1 aromatic rings. The third-order valence-electron chi connectivity index (χ3n) is 4.47. The lowest BCUT2D eigenvalue weighted by atomic mass is 10.0. The van der Waals surface area contributed by atoms with E-state index in [0.29, 0.717) is 6.42 Å². The molecule has 10 nitrogen and oxygen atoms in total. The molecule has 3 atom stereocenters. The molecule has 0 unspecified atom stereocenters. The number of hydrogen-bond acceptors (Lipinski definition) is 6. The Kier molecular flexibility index (Phi) is 10.8. The van der Waals surface area contributed by atoms with Gasteiger partial charge in [0, 0.05) is 20.6 Å². The van der Waals surface area contributed by atoms with Crippen molar-refractivity contribution in [3.8, 4) is 0 Å². The topological polar surface area (TPSA) is 143 Å². The van der Waals surface area contributed by atoms with Crippen LogP contribution in [-0.4, -0.2) is 55.2 Å². The molecule has 2 amide bonds. The van der Waals surface area contributed by atoms with E-state index >= 15 is 0 Å². The molecule has 0 fully saturated rings. The van der Waals surface area contributed by atoms with Gasteiger partial charge in [-0.1, -0.05) is 44.2 Å². The molecule has 0 spiro atoms. The molecule has 31 heavy (non-hydrogen) atoms. The number of carbonyl (C=O) groups excluding carboxylic acids is 2. The summed E-state index contributed by atoms with van der Waals surface area (Å²) in [5.74, 6) is -2.35. The smallest absolute Gasteiger partial charge is 0.405 e. The molecule has 0 saturated carbocycles. The van der Waals surface area contributed by atoms with Gasteiger partial charge in [0.1, 0.15) is 12.1 Å². The molecule has 0 aliphatic carbocycles. The number of carbonyl (C=O) groups is 3. The third-order valence-corrected chi connectivity index (χ3v) is 6.06. The van der Waals surface area contributed by atoms with Crippen LogP contribution in [0.2, 0.25) is 0 Å². The highest BCUT2D eigenvalue weighted by atomic mass is 31.2. The SMILES string of the molecule is COP(=O)(N[C@@H](CC(C)C)C(=O)N[C@@H](C)C(=O)N[C@@H](Cc1ccccc1)C(=O)O)OC. The standard InChI is InChI=1S/C20H32N3O7P/c1-13(2)11-16(23-31(28,29-4)30-5)19(25)21-14(3)18(24)22-17(20(26)27)12-15-9-7-6-8-10-15/h6-10,13-14,16-17H,11-12H2,1-5H3,(H,21,25)(H,22,24)(H,23,28)(H,26,27)/t14-,16-,17-/m0/s1. The number of amides is 2. The Morgan fingerprint density at radius 2 is 1.55 bits per heavy atom. The van der Waals surface area contributed by atoms with Gasteiger partial charge in [0.15, 0.2) is 0 Å². The molecule has 0 radical (unpaired) electrons. The molecule has 4 N–H and O–H groups in total. The van der Waals surface area contributed by atoms with E-state index in [9.17, 15) is 24.1 Å². The van der Waals surface area contributed by atoms with Crippen molar-refractivity contribution in [1.29, 1.82) is 0 Å². The summed E-state index contributed by atoms with van der Waals surface area (Å²) in [4.78, 5) is 36.8. The summed E-state index contributed by atoms with van der Waals surface area (Å²) in [7, 11) is -1.30. The Bertz CT molecular complexity index is 780. The Hall–Kier alpha value is -2.26. The summed E-state index contributed by atoms with van der Waals surface area (Å²) in [6, 6.07) is 5.77. The van der Waals surface area contributed by atoms with Crippen molar-refractivity contribution < 1.29 is 33.1 Å². The van der Waals surface area contributed by atoms with Crippen LogP contribution in [0.1, 0.15) is 32.8 Å². The lowest BCUT2D eigenvalue weighted by Gasteiger charge is -2.25. The highest BCUT2D eigenvalue weighted by Crippen LogP contribution is 2.42. The van der Waals surface area contributed by atoms with Gasteiger partial charge in [-0.05, 0) is 24.8 Å². The average molecular weight is 457 g/mol. The maximum atomic E-state index is 12.7. The molecular weight excluding hydrogens is 425 g/mol. The minimum absolute atomic E-state index is 0.0665. The predicted molar refractivity (Wildman–Crippen MR) is 115 cm³/mol. The van der Waals surface area contributed by atoms with E-state index in [2.05, 4.69) is 15.7 Å². The van der Waals surface area contributed by atoms with Crippen LogP contribution in [0.3, 0.4) is 0 Å². The molecule has 0 bridgehead atoms. The van der Waals surface area contributed by atoms with Crippen LogP contribution < -0.4 is 15.7 Å². The Labute approximate surface area is 182 Å². The molecule has 1 rings (SSSR count). The molecule has 1 aromatic carbocycles. The first-order chi connectivity index (χ1) is 14.5. The Balaban J connectivity index is 2.81. The number of carboxylic acids is 1. The van der Waals surface area contributed by atoms with Gasteiger partial charge in [-0.15, -0.1) is 0 Å². The van der Waals surface area contributed by atoms with Crippen LogP contribution in [0.5, 0.6) is 0 Å². The monoisotopic (exact) mass is 457 g/mol. The fraction of sp³-hybridized carbons (Fsp3) is 0.550. The van der Waals surface area contributed by atoms with E-state index in [1.165, 1.54) is 21.1 Å². The third kappa shape index (κ3) is 9.18. The van der Waals surface area contributed by atoms with E-state index < -0.39 is 43.7 Å². The Morgan fingerprint density at radius 3 is 2.03 bits per heavy atom. The zero-order chi connectivity index (χ0) is 23.6. The van der Waals surface area contributed by atoms with Gasteiger partial charge < -0.3 is 24.8 Å². The number of hydrogen-bond donors (Lipinski definition) is 4. The van der Waals surface area contributed by atoms with Gasteiger partial charge in [0.2, 0.25) is 11.8 Å². The van der Waals surface area contributed by atoms with Crippen molar-refractivity contribution in [2.45, 2.75) is 51.7 Å². The second-order valence-electron chi connectivity index (χ2n) is 7.49. The number of benzene rings is 1. The fourth-order valence-electron chi connectivity index (χ4n) is 2.79. The molecule has 0 aliphatic heterocycles. The lowest BCUT2D eigenvalue weighted by molar-refractivity contribution is -0.142. The summed E-state index contributed by atoms with van der Waals surface area (Å²) in [6.45, 7) is 5.20. The second-order valence-corrected chi connectivity index (χ2v) is 9.48. The normalized spacial score (nSPS) is 14.5. The van der Waals surface area contributed by atoms with Crippen molar-refractivity contribution in [1.82, 2.24) is 15.7 Å². The lowest BCUT2D eigenvalue weighted by Crippen LogP contribution is -2.54. The van der Waals surface area contributed by atoms with E-state index in [-0.39, 0.29) is 12.3 Å². The highest BCUT2D eigenvalue weighted by molar-refractivity contribution is 7.51. The zero-order valence-electron chi connectivity index (χ0n) is 18.5. The van der Waals surface area contributed by atoms with Crippen molar-refractivity contribution in [3.63, 3.8) is 0 Å².